The molecule has 1 aliphatic heterocycles. The first-order valence-electron chi connectivity index (χ1n) is 5.84. The van der Waals surface area contributed by atoms with Gasteiger partial charge >= 0.3 is 0 Å². The van der Waals surface area contributed by atoms with Crippen molar-refractivity contribution in [3.05, 3.63) is 35.4 Å². The molecular formula is C13H21ClN2. The molecule has 1 aromatic carbocycles. The molecule has 1 aromatic rings. The standard InChI is InChI=1S/C13H20N2.ClH/c1-11-4-6-12(7-5-11)9-15-13-3-2-8-14-10-13;/h4-7,13-15H,2-3,8-10H2,1H3;1H. The smallest absolute Gasteiger partial charge is 0.0208 e. The Hall–Kier alpha value is -0.570. The summed E-state index contributed by atoms with van der Waals surface area (Å²) in [6.07, 6.45) is 2.60. The second-order valence-corrected chi connectivity index (χ2v) is 4.41. The van der Waals surface area contributed by atoms with Crippen molar-refractivity contribution in [1.82, 2.24) is 10.6 Å². The third-order valence-corrected chi connectivity index (χ3v) is 3.01. The molecule has 0 spiro atoms. The van der Waals surface area contributed by atoms with Crippen LogP contribution in [0.2, 0.25) is 0 Å². The van der Waals surface area contributed by atoms with Crippen LogP contribution < -0.4 is 10.6 Å². The quantitative estimate of drug-likeness (QED) is 0.847. The number of halogens is 1. The topological polar surface area (TPSA) is 24.1 Å². The van der Waals surface area contributed by atoms with Gasteiger partial charge in [0.05, 0.1) is 0 Å². The van der Waals surface area contributed by atoms with Crippen molar-refractivity contribution in [1.29, 1.82) is 0 Å². The van der Waals surface area contributed by atoms with Gasteiger partial charge in [0.1, 0.15) is 0 Å². The lowest BCUT2D eigenvalue weighted by atomic mass is 10.1. The highest BCUT2D eigenvalue weighted by Crippen LogP contribution is 2.05. The first kappa shape index (κ1) is 13.5. The summed E-state index contributed by atoms with van der Waals surface area (Å²) in [5, 5.41) is 7.01. The van der Waals surface area contributed by atoms with E-state index in [1.54, 1.807) is 0 Å². The van der Waals surface area contributed by atoms with Gasteiger partial charge in [-0.2, -0.15) is 0 Å². The minimum atomic E-state index is 0. The van der Waals surface area contributed by atoms with Crippen LogP contribution in [0.15, 0.2) is 24.3 Å². The molecule has 0 aliphatic carbocycles. The molecule has 1 atom stereocenters. The summed E-state index contributed by atoms with van der Waals surface area (Å²) in [5.74, 6) is 0. The summed E-state index contributed by atoms with van der Waals surface area (Å²) in [6.45, 7) is 5.42. The number of hydrogen-bond donors (Lipinski definition) is 2. The van der Waals surface area contributed by atoms with Gasteiger partial charge in [-0.3, -0.25) is 0 Å². The maximum absolute atomic E-state index is 3.59. The predicted molar refractivity (Wildman–Crippen MR) is 71.2 cm³/mol. The molecule has 1 heterocycles. The van der Waals surface area contributed by atoms with Crippen molar-refractivity contribution in [3.63, 3.8) is 0 Å². The second kappa shape index (κ2) is 6.89. The molecule has 2 nitrogen and oxygen atoms in total. The Morgan fingerprint density at radius 3 is 2.69 bits per heavy atom. The lowest BCUT2D eigenvalue weighted by Gasteiger charge is -2.23. The highest BCUT2D eigenvalue weighted by molar-refractivity contribution is 5.85. The minimum absolute atomic E-state index is 0. The Morgan fingerprint density at radius 2 is 2.06 bits per heavy atom. The highest BCUT2D eigenvalue weighted by atomic mass is 35.5. The first-order chi connectivity index (χ1) is 7.34. The van der Waals surface area contributed by atoms with E-state index in [4.69, 9.17) is 0 Å². The van der Waals surface area contributed by atoms with E-state index in [1.165, 1.54) is 30.5 Å². The SMILES string of the molecule is Cc1ccc(CNC2CCCNC2)cc1.Cl. The third-order valence-electron chi connectivity index (χ3n) is 3.01. The van der Waals surface area contributed by atoms with E-state index in [0.717, 1.165) is 13.1 Å². The van der Waals surface area contributed by atoms with Crippen LogP contribution in [0, 0.1) is 6.92 Å². The fraction of sp³-hybridized carbons (Fsp3) is 0.538. The van der Waals surface area contributed by atoms with Gasteiger partial charge in [0, 0.05) is 19.1 Å². The molecule has 3 heteroatoms. The zero-order chi connectivity index (χ0) is 10.5. The van der Waals surface area contributed by atoms with Gasteiger partial charge < -0.3 is 10.6 Å². The monoisotopic (exact) mass is 240 g/mol. The molecule has 0 aromatic heterocycles. The number of aryl methyl sites for hydroxylation is 1. The Balaban J connectivity index is 0.00000128. The Kier molecular flexibility index (Phi) is 5.81. The molecule has 1 unspecified atom stereocenters. The molecular weight excluding hydrogens is 220 g/mol. The lowest BCUT2D eigenvalue weighted by molar-refractivity contribution is 0.389. The largest absolute Gasteiger partial charge is 0.315 e. The number of hydrogen-bond acceptors (Lipinski definition) is 2. The molecule has 2 N–H and O–H groups in total. The van der Waals surface area contributed by atoms with E-state index in [9.17, 15) is 0 Å². The van der Waals surface area contributed by atoms with E-state index in [-0.39, 0.29) is 12.4 Å². The molecule has 1 aliphatic rings. The van der Waals surface area contributed by atoms with Crippen molar-refractivity contribution in [3.8, 4) is 0 Å². The zero-order valence-corrected chi connectivity index (χ0v) is 10.6. The van der Waals surface area contributed by atoms with Gasteiger partial charge in [0.25, 0.3) is 0 Å². The van der Waals surface area contributed by atoms with Crippen LogP contribution in [0.3, 0.4) is 0 Å². The molecule has 1 saturated heterocycles. The van der Waals surface area contributed by atoms with Gasteiger partial charge in [-0.1, -0.05) is 29.8 Å². The molecule has 16 heavy (non-hydrogen) atoms. The van der Waals surface area contributed by atoms with Crippen LogP contribution in [-0.4, -0.2) is 19.1 Å². The average Bonchev–Trinajstić information content (AvgIpc) is 2.30. The summed E-state index contributed by atoms with van der Waals surface area (Å²) in [4.78, 5) is 0. The van der Waals surface area contributed by atoms with Crippen LogP contribution in [0.5, 0.6) is 0 Å². The molecule has 90 valence electrons. The van der Waals surface area contributed by atoms with Crippen molar-refractivity contribution in [2.24, 2.45) is 0 Å². The first-order valence-corrected chi connectivity index (χ1v) is 5.84. The number of benzene rings is 1. The van der Waals surface area contributed by atoms with E-state index < -0.39 is 0 Å². The maximum Gasteiger partial charge on any atom is 0.0208 e. The van der Waals surface area contributed by atoms with Crippen LogP contribution in [0.25, 0.3) is 0 Å². The zero-order valence-electron chi connectivity index (χ0n) is 9.83. The Labute approximate surface area is 104 Å². The highest BCUT2D eigenvalue weighted by Gasteiger charge is 2.11. The van der Waals surface area contributed by atoms with E-state index in [1.807, 2.05) is 0 Å². The van der Waals surface area contributed by atoms with E-state index in [2.05, 4.69) is 41.8 Å². The summed E-state index contributed by atoms with van der Waals surface area (Å²) < 4.78 is 0. The normalized spacial score (nSPS) is 20.2. The summed E-state index contributed by atoms with van der Waals surface area (Å²) in [6, 6.07) is 9.42. The van der Waals surface area contributed by atoms with Crippen LogP contribution >= 0.6 is 12.4 Å². The molecule has 0 amide bonds. The molecule has 1 fully saturated rings. The van der Waals surface area contributed by atoms with Crippen molar-refractivity contribution >= 4 is 12.4 Å². The fourth-order valence-electron chi connectivity index (χ4n) is 1.99. The predicted octanol–water partition coefficient (Wildman–Crippen LogP) is 2.26. The van der Waals surface area contributed by atoms with Gasteiger partial charge in [0.15, 0.2) is 0 Å². The summed E-state index contributed by atoms with van der Waals surface area (Å²) in [7, 11) is 0. The van der Waals surface area contributed by atoms with Gasteiger partial charge in [-0.15, -0.1) is 12.4 Å². The van der Waals surface area contributed by atoms with Gasteiger partial charge in [-0.05, 0) is 31.9 Å². The fourth-order valence-corrected chi connectivity index (χ4v) is 1.99. The number of rotatable bonds is 3. The average molecular weight is 241 g/mol. The Morgan fingerprint density at radius 1 is 1.31 bits per heavy atom. The molecule has 0 radical (unpaired) electrons. The van der Waals surface area contributed by atoms with E-state index >= 15 is 0 Å². The van der Waals surface area contributed by atoms with E-state index in [0.29, 0.717) is 6.04 Å². The van der Waals surface area contributed by atoms with Crippen LogP contribution in [0.4, 0.5) is 0 Å². The van der Waals surface area contributed by atoms with Crippen molar-refractivity contribution < 1.29 is 0 Å². The second-order valence-electron chi connectivity index (χ2n) is 4.41. The minimum Gasteiger partial charge on any atom is -0.315 e. The molecule has 0 saturated carbocycles. The van der Waals surface area contributed by atoms with Crippen molar-refractivity contribution in [2.75, 3.05) is 13.1 Å². The molecule has 2 rings (SSSR count). The maximum atomic E-state index is 3.59. The third kappa shape index (κ3) is 4.12. The van der Waals surface area contributed by atoms with Crippen LogP contribution in [-0.2, 0) is 6.54 Å². The Bertz CT molecular complexity index is 291. The van der Waals surface area contributed by atoms with Crippen molar-refractivity contribution in [2.45, 2.75) is 32.4 Å². The lowest BCUT2D eigenvalue weighted by Crippen LogP contribution is -2.42. The van der Waals surface area contributed by atoms with Gasteiger partial charge in [0.2, 0.25) is 0 Å². The van der Waals surface area contributed by atoms with Crippen LogP contribution in [0.1, 0.15) is 24.0 Å². The summed E-state index contributed by atoms with van der Waals surface area (Å²) >= 11 is 0. The van der Waals surface area contributed by atoms with Gasteiger partial charge in [-0.25, -0.2) is 0 Å². The number of nitrogens with one attached hydrogen (secondary N) is 2. The summed E-state index contributed by atoms with van der Waals surface area (Å²) in [5.41, 5.74) is 2.71. The molecule has 0 bridgehead atoms. The number of piperidine rings is 1.